The molecule has 0 aliphatic carbocycles. The lowest BCUT2D eigenvalue weighted by atomic mass is 10.2. The zero-order valence-electron chi connectivity index (χ0n) is 13.5. The van der Waals surface area contributed by atoms with Crippen LogP contribution >= 0.6 is 31.9 Å². The predicted octanol–water partition coefficient (Wildman–Crippen LogP) is 5.19. The van der Waals surface area contributed by atoms with Crippen LogP contribution in [0.25, 0.3) is 0 Å². The van der Waals surface area contributed by atoms with Crippen LogP contribution in [0.15, 0.2) is 45.3 Å². The fourth-order valence-corrected chi connectivity index (χ4v) is 3.28. The van der Waals surface area contributed by atoms with Crippen molar-refractivity contribution in [2.45, 2.75) is 26.7 Å². The third-order valence-corrected chi connectivity index (χ3v) is 4.69. The van der Waals surface area contributed by atoms with Gasteiger partial charge in [-0.05, 0) is 81.1 Å². The van der Waals surface area contributed by atoms with Gasteiger partial charge < -0.3 is 10.6 Å². The molecule has 0 heterocycles. The summed E-state index contributed by atoms with van der Waals surface area (Å²) in [5, 5.41) is 5.60. The highest BCUT2D eigenvalue weighted by Gasteiger charge is 2.10. The van der Waals surface area contributed by atoms with Crippen molar-refractivity contribution in [1.29, 1.82) is 0 Å². The number of amides is 2. The maximum atomic E-state index is 12.0. The van der Waals surface area contributed by atoms with Gasteiger partial charge in [0.25, 0.3) is 0 Å². The minimum atomic E-state index is -0.197. The fourth-order valence-electron chi connectivity index (χ4n) is 2.10. The quantitative estimate of drug-likeness (QED) is 0.654. The minimum absolute atomic E-state index is 0.121. The van der Waals surface area contributed by atoms with E-state index in [-0.39, 0.29) is 24.7 Å². The molecule has 126 valence electrons. The molecule has 2 aromatic carbocycles. The zero-order valence-corrected chi connectivity index (χ0v) is 16.6. The Bertz CT molecular complexity index is 710. The van der Waals surface area contributed by atoms with Crippen molar-refractivity contribution in [3.05, 3.63) is 56.5 Å². The van der Waals surface area contributed by atoms with Gasteiger partial charge in [-0.3, -0.25) is 9.59 Å². The summed E-state index contributed by atoms with van der Waals surface area (Å²) in [5.41, 5.74) is 3.60. The molecular formula is C18H18Br2N2O2. The molecule has 0 saturated carbocycles. The number of carbonyl (C=O) groups excluding carboxylic acids is 2. The van der Waals surface area contributed by atoms with E-state index in [1.807, 2.05) is 50.2 Å². The Labute approximate surface area is 158 Å². The molecule has 6 heteroatoms. The Morgan fingerprint density at radius 3 is 1.50 bits per heavy atom. The van der Waals surface area contributed by atoms with E-state index < -0.39 is 0 Å². The smallest absolute Gasteiger partial charge is 0.224 e. The molecule has 2 aromatic rings. The molecule has 0 aliphatic heterocycles. The van der Waals surface area contributed by atoms with Gasteiger partial charge >= 0.3 is 0 Å². The molecule has 0 aromatic heterocycles. The molecular weight excluding hydrogens is 436 g/mol. The molecule has 4 nitrogen and oxygen atoms in total. The van der Waals surface area contributed by atoms with Gasteiger partial charge in [-0.1, -0.05) is 12.1 Å². The summed E-state index contributed by atoms with van der Waals surface area (Å²) < 4.78 is 1.65. The molecule has 0 saturated heterocycles. The van der Waals surface area contributed by atoms with Crippen LogP contribution in [-0.2, 0) is 9.59 Å². The molecule has 2 N–H and O–H groups in total. The van der Waals surface area contributed by atoms with Crippen molar-refractivity contribution in [3.8, 4) is 0 Å². The van der Waals surface area contributed by atoms with Crippen molar-refractivity contribution in [2.75, 3.05) is 10.6 Å². The second-order valence-electron chi connectivity index (χ2n) is 5.56. The third-order valence-electron chi connectivity index (χ3n) is 3.38. The van der Waals surface area contributed by atoms with Crippen LogP contribution in [0.1, 0.15) is 24.0 Å². The van der Waals surface area contributed by atoms with Gasteiger partial charge in [-0.25, -0.2) is 0 Å². The van der Waals surface area contributed by atoms with E-state index in [2.05, 4.69) is 42.5 Å². The molecule has 0 atom stereocenters. The van der Waals surface area contributed by atoms with Crippen molar-refractivity contribution < 1.29 is 9.59 Å². The number of rotatable bonds is 5. The topological polar surface area (TPSA) is 58.2 Å². The second kappa shape index (κ2) is 8.44. The Kier molecular flexibility index (Phi) is 6.57. The standard InChI is InChI=1S/C18H18Br2N2O2/c1-11-3-5-15(13(19)9-11)21-17(23)7-8-18(24)22-16-6-4-12(2)10-14(16)20/h3-6,9-10H,7-8H2,1-2H3,(H,21,23)(H,22,24). The predicted molar refractivity (Wildman–Crippen MR) is 104 cm³/mol. The number of benzene rings is 2. The average molecular weight is 454 g/mol. The van der Waals surface area contributed by atoms with Gasteiger partial charge in [-0.2, -0.15) is 0 Å². The lowest BCUT2D eigenvalue weighted by Crippen LogP contribution is -2.17. The molecule has 2 rings (SSSR count). The van der Waals surface area contributed by atoms with Crippen LogP contribution in [0.5, 0.6) is 0 Å². The van der Waals surface area contributed by atoms with Crippen LogP contribution in [-0.4, -0.2) is 11.8 Å². The van der Waals surface area contributed by atoms with Gasteiger partial charge in [-0.15, -0.1) is 0 Å². The van der Waals surface area contributed by atoms with E-state index in [1.165, 1.54) is 0 Å². The summed E-state index contributed by atoms with van der Waals surface area (Å²) in [5.74, 6) is -0.393. The van der Waals surface area contributed by atoms with Gasteiger partial charge in [0, 0.05) is 21.8 Å². The molecule has 0 radical (unpaired) electrons. The Balaban J connectivity index is 1.85. The van der Waals surface area contributed by atoms with Crippen molar-refractivity contribution >= 4 is 55.0 Å². The van der Waals surface area contributed by atoms with Crippen molar-refractivity contribution in [2.24, 2.45) is 0 Å². The number of halogens is 2. The molecule has 0 bridgehead atoms. The lowest BCUT2D eigenvalue weighted by Gasteiger charge is -2.09. The first-order valence-electron chi connectivity index (χ1n) is 7.47. The second-order valence-corrected chi connectivity index (χ2v) is 7.27. The average Bonchev–Trinajstić information content (AvgIpc) is 2.51. The lowest BCUT2D eigenvalue weighted by molar-refractivity contribution is -0.121. The van der Waals surface area contributed by atoms with Crippen LogP contribution in [0.3, 0.4) is 0 Å². The summed E-state index contributed by atoms with van der Waals surface area (Å²) in [4.78, 5) is 24.0. The minimum Gasteiger partial charge on any atom is -0.325 e. The normalized spacial score (nSPS) is 10.3. The van der Waals surface area contributed by atoms with Crippen molar-refractivity contribution in [1.82, 2.24) is 0 Å². The summed E-state index contributed by atoms with van der Waals surface area (Å²) >= 11 is 6.83. The Morgan fingerprint density at radius 1 is 0.792 bits per heavy atom. The first-order chi connectivity index (χ1) is 11.3. The van der Waals surface area contributed by atoms with Gasteiger partial charge in [0.15, 0.2) is 0 Å². The summed E-state index contributed by atoms with van der Waals surface area (Å²) in [6.45, 7) is 3.95. The molecule has 0 spiro atoms. The van der Waals surface area contributed by atoms with E-state index in [0.717, 1.165) is 20.1 Å². The molecule has 2 amide bonds. The molecule has 0 aliphatic rings. The Morgan fingerprint density at radius 2 is 1.17 bits per heavy atom. The highest BCUT2D eigenvalue weighted by atomic mass is 79.9. The summed E-state index contributed by atoms with van der Waals surface area (Å²) in [6, 6.07) is 11.4. The largest absolute Gasteiger partial charge is 0.325 e. The van der Waals surface area contributed by atoms with Gasteiger partial charge in [0.05, 0.1) is 11.4 Å². The highest BCUT2D eigenvalue weighted by molar-refractivity contribution is 9.11. The number of anilines is 2. The first kappa shape index (κ1) is 18.7. The van der Waals surface area contributed by atoms with Crippen LogP contribution in [0, 0.1) is 13.8 Å². The number of carbonyl (C=O) groups is 2. The summed E-state index contributed by atoms with van der Waals surface area (Å²) in [7, 11) is 0. The monoisotopic (exact) mass is 452 g/mol. The molecule has 0 fully saturated rings. The van der Waals surface area contributed by atoms with E-state index in [9.17, 15) is 9.59 Å². The number of hydrogen-bond acceptors (Lipinski definition) is 2. The van der Waals surface area contributed by atoms with Crippen LogP contribution in [0.2, 0.25) is 0 Å². The van der Waals surface area contributed by atoms with E-state index >= 15 is 0 Å². The highest BCUT2D eigenvalue weighted by Crippen LogP contribution is 2.24. The SMILES string of the molecule is Cc1ccc(NC(=O)CCC(=O)Nc2ccc(C)cc2Br)c(Br)c1. The number of hydrogen-bond donors (Lipinski definition) is 2. The zero-order chi connectivity index (χ0) is 17.7. The summed E-state index contributed by atoms with van der Waals surface area (Å²) in [6.07, 6.45) is 0.241. The maximum absolute atomic E-state index is 12.0. The number of aryl methyl sites for hydroxylation is 2. The third kappa shape index (κ3) is 5.46. The van der Waals surface area contributed by atoms with Crippen LogP contribution < -0.4 is 10.6 Å². The van der Waals surface area contributed by atoms with Crippen LogP contribution in [0.4, 0.5) is 11.4 Å². The Hall–Kier alpha value is -1.66. The van der Waals surface area contributed by atoms with E-state index in [4.69, 9.17) is 0 Å². The van der Waals surface area contributed by atoms with E-state index in [1.54, 1.807) is 0 Å². The maximum Gasteiger partial charge on any atom is 0.224 e. The number of nitrogens with one attached hydrogen (secondary N) is 2. The molecule has 24 heavy (non-hydrogen) atoms. The van der Waals surface area contributed by atoms with Gasteiger partial charge in [0.2, 0.25) is 11.8 Å². The fraction of sp³-hybridized carbons (Fsp3) is 0.222. The van der Waals surface area contributed by atoms with E-state index in [0.29, 0.717) is 11.4 Å². The first-order valence-corrected chi connectivity index (χ1v) is 9.06. The van der Waals surface area contributed by atoms with Crippen molar-refractivity contribution in [3.63, 3.8) is 0 Å². The van der Waals surface area contributed by atoms with Gasteiger partial charge in [0.1, 0.15) is 0 Å². The molecule has 0 unspecified atom stereocenters.